The van der Waals surface area contributed by atoms with E-state index >= 15 is 0 Å². The second kappa shape index (κ2) is 5.77. The van der Waals surface area contributed by atoms with Crippen molar-refractivity contribution in [2.75, 3.05) is 5.88 Å². The van der Waals surface area contributed by atoms with Crippen LogP contribution in [-0.2, 0) is 0 Å². The third kappa shape index (κ3) is 12.3. The maximum Gasteiger partial charge on any atom is 0.150 e. The van der Waals surface area contributed by atoms with Crippen LogP contribution in [0.4, 0.5) is 0 Å². The van der Waals surface area contributed by atoms with Gasteiger partial charge in [-0.3, -0.25) is 0 Å². The third-order valence-corrected chi connectivity index (χ3v) is 3.28. The van der Waals surface area contributed by atoms with Crippen LogP contribution in [0.5, 0.6) is 0 Å². The van der Waals surface area contributed by atoms with Gasteiger partial charge in [-0.2, -0.15) is 11.1 Å². The number of rotatable bonds is 3. The Balaban J connectivity index is 0. The molecule has 0 aliphatic carbocycles. The smallest absolute Gasteiger partial charge is 0.150 e. The predicted octanol–water partition coefficient (Wildman–Crippen LogP) is 1.61. The van der Waals surface area contributed by atoms with Crippen molar-refractivity contribution < 1.29 is 0 Å². The Kier molecular flexibility index (Phi) is 8.13. The van der Waals surface area contributed by atoms with Crippen molar-refractivity contribution in [3.63, 3.8) is 0 Å². The Bertz CT molecular complexity index is 60.5. The molecule has 0 aromatic heterocycles. The van der Waals surface area contributed by atoms with E-state index in [1.54, 1.807) is 0 Å². The van der Waals surface area contributed by atoms with E-state index in [0.29, 0.717) is 0 Å². The maximum absolute atomic E-state index is 5.99. The van der Waals surface area contributed by atoms with E-state index < -0.39 is 7.38 Å². The fourth-order valence-corrected chi connectivity index (χ4v) is 2.26. The lowest BCUT2D eigenvalue weighted by Crippen LogP contribution is -2.15. The molecule has 0 aliphatic heterocycles. The van der Waals surface area contributed by atoms with E-state index in [1.807, 2.05) is 0 Å². The van der Waals surface area contributed by atoms with E-state index in [2.05, 4.69) is 13.1 Å². The van der Waals surface area contributed by atoms with Crippen molar-refractivity contribution in [1.29, 1.82) is 0 Å². The Labute approximate surface area is 72.7 Å². The minimum Gasteiger partial charge on any atom is -0.168 e. The van der Waals surface area contributed by atoms with E-state index in [-0.39, 0.29) is 11.0 Å². The lowest BCUT2D eigenvalue weighted by molar-refractivity contribution is 1.07. The lowest BCUT2D eigenvalue weighted by Gasteiger charge is -2.09. The standard InChI is InChI=1S/C5H12Cl2Si.H4Si/c1-8(2,7)5-3-4-6;/h3-5H2,1-2H3;1H4. The Morgan fingerprint density at radius 1 is 1.33 bits per heavy atom. The first-order valence-electron chi connectivity index (χ1n) is 2.81. The van der Waals surface area contributed by atoms with Gasteiger partial charge in [0.2, 0.25) is 0 Å². The van der Waals surface area contributed by atoms with Gasteiger partial charge in [0.05, 0.1) is 0 Å². The van der Waals surface area contributed by atoms with Crippen LogP contribution >= 0.6 is 22.7 Å². The first kappa shape index (κ1) is 12.7. The monoisotopic (exact) mass is 202 g/mol. The first-order chi connectivity index (χ1) is 3.56. The molecule has 0 N–H and O–H groups in total. The zero-order valence-corrected chi connectivity index (χ0v) is 7.89. The van der Waals surface area contributed by atoms with Gasteiger partial charge in [-0.25, -0.2) is 0 Å². The fourth-order valence-electron chi connectivity index (χ4n) is 0.487. The summed E-state index contributed by atoms with van der Waals surface area (Å²) in [5.41, 5.74) is 0. The third-order valence-electron chi connectivity index (χ3n) is 0.905. The molecule has 0 spiro atoms. The van der Waals surface area contributed by atoms with Gasteiger partial charge in [0, 0.05) is 5.88 Å². The Hall–Kier alpha value is 1.01. The van der Waals surface area contributed by atoms with Crippen LogP contribution in [0.25, 0.3) is 0 Å². The summed E-state index contributed by atoms with van der Waals surface area (Å²) in [4.78, 5) is 0. The largest absolute Gasteiger partial charge is 0.168 e. The fraction of sp³-hybridized carbons (Fsp3) is 1.00. The molecule has 0 rings (SSSR count). The average Bonchev–Trinajstić information content (AvgIpc) is 1.59. The molecule has 0 amide bonds. The predicted molar refractivity (Wildman–Crippen MR) is 54.8 cm³/mol. The van der Waals surface area contributed by atoms with Gasteiger partial charge in [0.1, 0.15) is 0 Å². The second-order valence-corrected chi connectivity index (χ2v) is 9.90. The summed E-state index contributed by atoms with van der Waals surface area (Å²) in [5, 5.41) is 0. The molecule has 9 heavy (non-hydrogen) atoms. The van der Waals surface area contributed by atoms with E-state index in [4.69, 9.17) is 22.7 Å². The van der Waals surface area contributed by atoms with Crippen molar-refractivity contribution in [1.82, 2.24) is 0 Å². The summed E-state index contributed by atoms with van der Waals surface area (Å²) in [7, 11) is -1.29. The molecule has 0 nitrogen and oxygen atoms in total. The number of alkyl halides is 1. The highest BCUT2D eigenvalue weighted by Crippen LogP contribution is 2.16. The summed E-state index contributed by atoms with van der Waals surface area (Å²) in [6.07, 6.45) is 1.07. The van der Waals surface area contributed by atoms with Gasteiger partial charge in [0.25, 0.3) is 0 Å². The van der Waals surface area contributed by atoms with Crippen LogP contribution in [0, 0.1) is 0 Å². The van der Waals surface area contributed by atoms with Gasteiger partial charge in [-0.15, -0.1) is 11.6 Å². The highest BCUT2D eigenvalue weighted by atomic mass is 35.6. The Morgan fingerprint density at radius 3 is 1.89 bits per heavy atom. The molecule has 4 heteroatoms. The quantitative estimate of drug-likeness (QED) is 0.371. The summed E-state index contributed by atoms with van der Waals surface area (Å²) < 4.78 is 0. The number of hydrogen-bond acceptors (Lipinski definition) is 0. The van der Waals surface area contributed by atoms with Crippen molar-refractivity contribution >= 4 is 41.0 Å². The zero-order valence-electron chi connectivity index (χ0n) is 5.38. The maximum atomic E-state index is 5.99. The van der Waals surface area contributed by atoms with Crippen molar-refractivity contribution in [2.45, 2.75) is 25.6 Å². The van der Waals surface area contributed by atoms with Crippen LogP contribution < -0.4 is 0 Å². The topological polar surface area (TPSA) is 0 Å². The molecular weight excluding hydrogens is 187 g/mol. The Morgan fingerprint density at radius 2 is 1.78 bits per heavy atom. The van der Waals surface area contributed by atoms with Gasteiger partial charge in [0.15, 0.2) is 7.38 Å². The highest BCUT2D eigenvalue weighted by Gasteiger charge is 2.14. The molecule has 58 valence electrons. The van der Waals surface area contributed by atoms with Gasteiger partial charge in [-0.05, 0) is 23.4 Å². The SMILES string of the molecule is C[Si](C)(Cl)CCCCl.[SiH4]. The van der Waals surface area contributed by atoms with Gasteiger partial charge >= 0.3 is 0 Å². The molecule has 0 unspecified atom stereocenters. The minimum absolute atomic E-state index is 0. The van der Waals surface area contributed by atoms with Crippen molar-refractivity contribution in [3.8, 4) is 0 Å². The zero-order chi connectivity index (χ0) is 6.62. The molecule has 0 heterocycles. The molecule has 0 bridgehead atoms. The van der Waals surface area contributed by atoms with Crippen molar-refractivity contribution in [2.24, 2.45) is 0 Å². The summed E-state index contributed by atoms with van der Waals surface area (Å²) in [6, 6.07) is 1.14. The summed E-state index contributed by atoms with van der Waals surface area (Å²) >= 11 is 11.5. The average molecular weight is 203 g/mol. The van der Waals surface area contributed by atoms with E-state index in [0.717, 1.165) is 18.3 Å². The van der Waals surface area contributed by atoms with E-state index in [9.17, 15) is 0 Å². The molecule has 0 aromatic carbocycles. The van der Waals surface area contributed by atoms with Gasteiger partial charge in [-0.1, -0.05) is 13.1 Å². The normalized spacial score (nSPS) is 10.7. The molecule has 0 saturated heterocycles. The summed E-state index contributed by atoms with van der Waals surface area (Å²) in [5.74, 6) is 0.753. The van der Waals surface area contributed by atoms with Crippen LogP contribution in [0.15, 0.2) is 0 Å². The molecule has 0 aliphatic rings. The van der Waals surface area contributed by atoms with Crippen LogP contribution in [0.2, 0.25) is 19.1 Å². The minimum atomic E-state index is -1.29. The van der Waals surface area contributed by atoms with E-state index in [1.165, 1.54) is 0 Å². The second-order valence-electron chi connectivity index (χ2n) is 2.51. The molecule has 0 fully saturated rings. The van der Waals surface area contributed by atoms with Crippen LogP contribution in [0.1, 0.15) is 6.42 Å². The molecule has 0 saturated carbocycles. The van der Waals surface area contributed by atoms with Crippen molar-refractivity contribution in [3.05, 3.63) is 0 Å². The number of hydrogen-bond donors (Lipinski definition) is 0. The van der Waals surface area contributed by atoms with Gasteiger partial charge < -0.3 is 0 Å². The molecule has 0 atom stereocenters. The lowest BCUT2D eigenvalue weighted by atomic mass is 10.6. The molecule has 0 radical (unpaired) electrons. The first-order valence-corrected chi connectivity index (χ1v) is 7.56. The molecule has 0 aromatic rings. The highest BCUT2D eigenvalue weighted by molar-refractivity contribution is 7.19. The van der Waals surface area contributed by atoms with Crippen LogP contribution in [0.3, 0.4) is 0 Å². The number of halogens is 2. The van der Waals surface area contributed by atoms with Crippen LogP contribution in [-0.4, -0.2) is 24.2 Å². The summed E-state index contributed by atoms with van der Waals surface area (Å²) in [6.45, 7) is 4.28. The molecular formula is C5H16Cl2Si2.